The van der Waals surface area contributed by atoms with Crippen LogP contribution in [0.1, 0.15) is 144 Å². The van der Waals surface area contributed by atoms with Gasteiger partial charge >= 0.3 is 0 Å². The quantitative estimate of drug-likeness (QED) is 0.00898. The zero-order valence-corrected chi connectivity index (χ0v) is 75.1. The molecule has 0 aliphatic heterocycles. The number of hydrogen-bond donors (Lipinski definition) is 9. The number of aliphatic hydroxyl groups is 3. The van der Waals surface area contributed by atoms with E-state index in [0.717, 1.165) is 58.8 Å². The third kappa shape index (κ3) is 115. The number of likely N-dealkylation sites (N-methyl/N-ethyl adjacent to an activating group) is 7. The Morgan fingerprint density at radius 1 is 0.409 bits per heavy atom. The first-order valence-electron chi connectivity index (χ1n) is 35.8. The van der Waals surface area contributed by atoms with Crippen LogP contribution in [0.15, 0.2) is 0 Å². The molecule has 0 saturated carbocycles. The van der Waals surface area contributed by atoms with Crippen LogP contribution in [-0.2, 0) is 91.4 Å². The lowest BCUT2D eigenvalue weighted by Crippen LogP contribution is -3.00. The van der Waals surface area contributed by atoms with Crippen molar-refractivity contribution in [1.82, 2.24) is 31.9 Å². The maximum Gasteiger partial charge on any atom is 0.274 e. The molecule has 0 fully saturated rings. The first-order valence-corrected chi connectivity index (χ1v) is 43.1. The smallest absolute Gasteiger partial charge is 0.274 e. The summed E-state index contributed by atoms with van der Waals surface area (Å²) in [5.41, 5.74) is 0. The fraction of sp³-hybridized carbons (Fsp3) is 0.894. The van der Waals surface area contributed by atoms with Gasteiger partial charge in [0.25, 0.3) is 46.4 Å². The van der Waals surface area contributed by atoms with Crippen molar-refractivity contribution in [1.29, 1.82) is 0 Å². The van der Waals surface area contributed by atoms with Gasteiger partial charge in [-0.3, -0.25) is 28.8 Å². The van der Waals surface area contributed by atoms with Gasteiger partial charge in [0, 0.05) is 19.9 Å². The molecule has 0 spiro atoms. The number of unbranched alkanes of at least 4 members (excludes halogenated alkanes) is 12. The number of carbonyl (C=O) groups excluding carboxylic acids is 7. The van der Waals surface area contributed by atoms with Crippen molar-refractivity contribution in [3.63, 3.8) is 0 Å². The lowest BCUT2D eigenvalue weighted by atomic mass is 10.1. The average Bonchev–Trinajstić information content (AvgIpc) is 0.907. The summed E-state index contributed by atoms with van der Waals surface area (Å²) in [5, 5.41) is 88.9. The van der Waals surface area contributed by atoms with Gasteiger partial charge in [-0.15, -0.1) is 0 Å². The number of quaternary nitrogens is 6. The van der Waals surface area contributed by atoms with Crippen LogP contribution < -0.4 is 70.4 Å². The summed E-state index contributed by atoms with van der Waals surface area (Å²) in [6.45, 7) is 19.4. The van der Waals surface area contributed by atoms with Crippen molar-refractivity contribution in [3.8, 4) is 0 Å². The normalized spacial score (nSPS) is 12.5. The Balaban J connectivity index is -0.000000114. The topological polar surface area (TPSA) is 541 Å². The van der Waals surface area contributed by atoms with Crippen LogP contribution in [0.25, 0.3) is 0 Å². The highest BCUT2D eigenvalue weighted by molar-refractivity contribution is 7.86. The van der Waals surface area contributed by atoms with Crippen LogP contribution in [0.2, 0.25) is 0 Å². The molecule has 0 aromatic rings. The minimum Gasteiger partial charge on any atom is -1.00 e. The molecule has 39 nitrogen and oxygen atoms in total. The number of rotatable bonds is 48. The standard InChI is InChI=1S/C17H34N2O3.C16H34N2O.C8H18N2O3.C8H18N2O2.C7H16N2O.C6H14N2O.4CH4O4S.ClH/c1-5-6-7-8-9-10-11-12-16(20)18-13-15(2)19(3,4)14-17(21)22;1-6-7-8-9-10-11-12-13-16(19)17-14-15(2)18(3,4)5;1-10(4-6-11,5-7-12)3-2-9-8-13;1-8(6-9-7-12)10(2,3)4-5-11;1-7(5-8-6-10)9(2,3)4;1-7-6(9)5-8(2,3)4;4*1-6(3,4)5-2;/h15H,5-14H2,1-4H3,(H-,18,20,21,22);15H,6-14H2,1-5H3;8,11-12H,2-7H2,1H3;7-8,11H,4-6H2,1-3H3;6-7H,5H2,1-4H3;5H2,1-4H3;4*2H,1H3;1H. The lowest BCUT2D eigenvalue weighted by Gasteiger charge is -2.36. The van der Waals surface area contributed by atoms with Crippen molar-refractivity contribution in [3.05, 3.63) is 0 Å². The number of nitrogens with one attached hydrogen (secondary N) is 6. The van der Waals surface area contributed by atoms with E-state index in [1.807, 2.05) is 70.2 Å². The number of amides is 6. The molecule has 0 aromatic carbocycles. The monoisotopic (exact) mass is 1710 g/mol. The van der Waals surface area contributed by atoms with E-state index in [2.05, 4.69) is 119 Å². The highest BCUT2D eigenvalue weighted by Crippen LogP contribution is 2.11. The Labute approximate surface area is 668 Å². The van der Waals surface area contributed by atoms with Crippen LogP contribution >= 0.6 is 0 Å². The van der Waals surface area contributed by atoms with E-state index in [1.165, 1.54) is 70.6 Å². The number of hydrogen-bond acceptors (Lipinski definition) is 27. The summed E-state index contributed by atoms with van der Waals surface area (Å²) in [6.07, 6.45) is 23.3. The molecule has 44 heteroatoms. The molecule has 9 N–H and O–H groups in total. The summed E-state index contributed by atoms with van der Waals surface area (Å²) < 4.78 is 90.4. The number of nitrogens with zero attached hydrogens (tertiary/aromatic N) is 6. The molecule has 0 bridgehead atoms. The van der Waals surface area contributed by atoms with Crippen molar-refractivity contribution in [2.45, 2.75) is 168 Å². The number of aliphatic hydroxyl groups excluding tert-OH is 3. The summed E-state index contributed by atoms with van der Waals surface area (Å²) >= 11 is 0. The Morgan fingerprint density at radius 3 is 0.927 bits per heavy atom. The largest absolute Gasteiger partial charge is 1.00 e. The van der Waals surface area contributed by atoms with Crippen LogP contribution in [0, 0.1) is 0 Å². The molecule has 0 saturated heterocycles. The van der Waals surface area contributed by atoms with Crippen molar-refractivity contribution >= 4 is 83.4 Å². The van der Waals surface area contributed by atoms with E-state index < -0.39 is 46.4 Å². The first-order chi connectivity index (χ1) is 49.6. The maximum absolute atomic E-state index is 11.8. The summed E-state index contributed by atoms with van der Waals surface area (Å²) in [6, 6.07) is 1.28. The van der Waals surface area contributed by atoms with Crippen LogP contribution in [0.4, 0.5) is 0 Å². The zero-order chi connectivity index (χ0) is 88.0. The van der Waals surface area contributed by atoms with E-state index in [0.29, 0.717) is 128 Å². The average molecular weight is 1710 g/mol. The number of carbonyl (C=O) groups is 7. The van der Waals surface area contributed by atoms with E-state index in [1.54, 1.807) is 7.05 Å². The third-order valence-electron chi connectivity index (χ3n) is 16.0. The molecule has 0 heterocycles. The fourth-order valence-electron chi connectivity index (χ4n) is 7.35. The molecular formula is C66H151ClN12O27S4. The second kappa shape index (κ2) is 74.8. The van der Waals surface area contributed by atoms with E-state index in [-0.39, 0.29) is 62.5 Å². The van der Waals surface area contributed by atoms with Crippen molar-refractivity contribution in [2.24, 2.45) is 0 Å². The predicted molar refractivity (Wildman–Crippen MR) is 409 cm³/mol. The summed E-state index contributed by atoms with van der Waals surface area (Å²) in [5.74, 6) is -0.698. The molecule has 110 heavy (non-hydrogen) atoms. The Bertz CT molecular complexity index is 2580. The summed E-state index contributed by atoms with van der Waals surface area (Å²) in [4.78, 5) is 74.8. The van der Waals surface area contributed by atoms with Gasteiger partial charge in [-0.05, 0) is 40.5 Å². The molecule has 6 amide bonds. The van der Waals surface area contributed by atoms with Gasteiger partial charge in [0.2, 0.25) is 31.0 Å². The molecule has 0 rings (SSSR count). The highest BCUT2D eigenvalue weighted by Gasteiger charge is 2.26. The Morgan fingerprint density at radius 2 is 0.682 bits per heavy atom. The Hall–Kier alpha value is -4.30. The third-order valence-corrected chi connectivity index (χ3v) is 17.0. The number of carboxylic acid groups (broad SMARTS) is 1. The number of halogens is 1. The van der Waals surface area contributed by atoms with E-state index in [9.17, 15) is 72.3 Å². The van der Waals surface area contributed by atoms with Gasteiger partial charge in [0.1, 0.15) is 50.3 Å². The molecule has 0 radical (unpaired) electrons. The van der Waals surface area contributed by atoms with Crippen molar-refractivity contribution < 1.29 is 165 Å². The van der Waals surface area contributed by atoms with Gasteiger partial charge in [0.05, 0.1) is 189 Å². The van der Waals surface area contributed by atoms with Gasteiger partial charge in [-0.2, -0.15) is 0 Å². The van der Waals surface area contributed by atoms with Gasteiger partial charge < -0.3 is 135 Å². The maximum atomic E-state index is 11.8. The van der Waals surface area contributed by atoms with Crippen LogP contribution in [0.3, 0.4) is 0 Å². The molecule has 4 atom stereocenters. The fourth-order valence-corrected chi connectivity index (χ4v) is 7.35. The minimum atomic E-state index is -3.72. The Kier molecular flexibility index (Phi) is 87.8. The second-order valence-corrected chi connectivity index (χ2v) is 36.3. The molecule has 668 valence electrons. The van der Waals surface area contributed by atoms with Gasteiger partial charge in [0.15, 0.2) is 6.54 Å². The van der Waals surface area contributed by atoms with Gasteiger partial charge in [-0.25, -0.2) is 33.7 Å². The number of carboxylic acids is 1. The molecule has 4 unspecified atom stereocenters. The van der Waals surface area contributed by atoms with Crippen LogP contribution in [-0.4, -0.2) is 366 Å². The SMILES string of the molecule is CC(CNC=O)[N+](C)(C)C.CC(CNC=O)[N+](C)(C)CCO.CCCCCCCCCC(=O)NCC(C)[N+](C)(C)C.CCCCCCCCCC(=O)NCC(C)[N+](C)(C)CC(=O)[O-].CNC(=O)C[N+](C)(C)C.CS(=O)(=O)O[O-].CS(=O)(=O)O[O-].CS(=O)(=O)O[O-].CS(=O)(=O)O[O-].C[N+](CCO)(CCO)CCNC=O.[Cl-]. The van der Waals surface area contributed by atoms with Crippen LogP contribution in [0.5, 0.6) is 0 Å². The molecular weight excluding hydrogens is 1560 g/mol. The minimum absolute atomic E-state index is 0. The first kappa shape index (κ1) is 129. The van der Waals surface area contributed by atoms with Gasteiger partial charge in [-0.1, -0.05) is 90.9 Å². The molecule has 0 aliphatic rings. The van der Waals surface area contributed by atoms with Crippen molar-refractivity contribution in [2.75, 3.05) is 223 Å². The molecule has 0 aromatic heterocycles. The van der Waals surface area contributed by atoms with E-state index in [4.69, 9.17) is 36.3 Å². The predicted octanol–water partition coefficient (Wildman–Crippen LogP) is -8.63. The highest BCUT2D eigenvalue weighted by atomic mass is 35.5. The van der Waals surface area contributed by atoms with E-state index >= 15 is 0 Å². The molecule has 0 aliphatic carbocycles. The second-order valence-electron chi connectivity index (χ2n) is 30.1. The number of aliphatic carboxylic acids is 1. The summed E-state index contributed by atoms with van der Waals surface area (Å²) in [7, 11) is 15.2. The lowest BCUT2D eigenvalue weighted by molar-refractivity contribution is -0.912. The zero-order valence-electron chi connectivity index (χ0n) is 71.1.